The zero-order chi connectivity index (χ0) is 14.5. The number of hydrogen-bond acceptors (Lipinski definition) is 3. The minimum Gasteiger partial charge on any atom is -0.383 e. The molecule has 1 aromatic heterocycles. The van der Waals surface area contributed by atoms with Gasteiger partial charge >= 0.3 is 0 Å². The number of rotatable bonds is 9. The van der Waals surface area contributed by atoms with Gasteiger partial charge in [0.05, 0.1) is 18.7 Å². The van der Waals surface area contributed by atoms with Gasteiger partial charge in [0.2, 0.25) is 0 Å². The quantitative estimate of drug-likeness (QED) is 0.721. The molecule has 3 rings (SSSR count). The van der Waals surface area contributed by atoms with Crippen molar-refractivity contribution in [2.75, 3.05) is 26.9 Å². The second-order valence-electron chi connectivity index (χ2n) is 5.75. The minimum absolute atomic E-state index is 0.653. The van der Waals surface area contributed by atoms with Gasteiger partial charge in [-0.3, -0.25) is 0 Å². The predicted molar refractivity (Wildman–Crippen MR) is 84.2 cm³/mol. The molecule has 0 saturated heterocycles. The summed E-state index contributed by atoms with van der Waals surface area (Å²) in [6.45, 7) is 4.04. The Morgan fingerprint density at radius 3 is 3.00 bits per heavy atom. The molecule has 0 unspecified atom stereocenters. The largest absolute Gasteiger partial charge is 0.383 e. The molecule has 4 heteroatoms. The van der Waals surface area contributed by atoms with E-state index in [0.717, 1.165) is 32.2 Å². The lowest BCUT2D eigenvalue weighted by atomic mass is 10.1. The highest BCUT2D eigenvalue weighted by molar-refractivity contribution is 5.83. The van der Waals surface area contributed by atoms with Crippen LogP contribution in [0.15, 0.2) is 30.5 Å². The first-order valence-corrected chi connectivity index (χ1v) is 7.72. The molecular formula is C17H24N2O2. The van der Waals surface area contributed by atoms with E-state index in [1.54, 1.807) is 7.11 Å². The van der Waals surface area contributed by atoms with Gasteiger partial charge in [0, 0.05) is 31.8 Å². The van der Waals surface area contributed by atoms with Gasteiger partial charge in [0.15, 0.2) is 0 Å². The second kappa shape index (κ2) is 7.07. The fourth-order valence-corrected chi connectivity index (χ4v) is 2.55. The summed E-state index contributed by atoms with van der Waals surface area (Å²) in [4.78, 5) is 0. The highest BCUT2D eigenvalue weighted by Crippen LogP contribution is 2.29. The van der Waals surface area contributed by atoms with Crippen molar-refractivity contribution < 1.29 is 9.47 Å². The molecule has 1 heterocycles. The van der Waals surface area contributed by atoms with Crippen molar-refractivity contribution in [1.29, 1.82) is 0 Å². The van der Waals surface area contributed by atoms with E-state index in [0.29, 0.717) is 6.73 Å². The average Bonchev–Trinajstić information content (AvgIpc) is 3.23. The maximum absolute atomic E-state index is 5.79. The van der Waals surface area contributed by atoms with Crippen molar-refractivity contribution in [1.82, 2.24) is 9.88 Å². The van der Waals surface area contributed by atoms with E-state index < -0.39 is 0 Å². The smallest absolute Gasteiger partial charge is 0.122 e. The van der Waals surface area contributed by atoms with Gasteiger partial charge in [0.25, 0.3) is 0 Å². The molecule has 1 N–H and O–H groups in total. The van der Waals surface area contributed by atoms with E-state index in [1.807, 2.05) is 0 Å². The lowest BCUT2D eigenvalue weighted by Crippen LogP contribution is -2.18. The highest BCUT2D eigenvalue weighted by Gasteiger charge is 2.21. The summed E-state index contributed by atoms with van der Waals surface area (Å²) in [7, 11) is 1.73. The topological polar surface area (TPSA) is 35.4 Å². The van der Waals surface area contributed by atoms with Crippen molar-refractivity contribution in [2.24, 2.45) is 5.92 Å². The molecule has 0 atom stereocenters. The molecule has 0 aliphatic heterocycles. The summed E-state index contributed by atoms with van der Waals surface area (Å²) in [5, 5.41) is 4.71. The number of hydrogen-bond donors (Lipinski definition) is 1. The third kappa shape index (κ3) is 3.84. The summed E-state index contributed by atoms with van der Waals surface area (Å²) in [5.74, 6) is 0.812. The number of nitrogens with zero attached hydrogens (tertiary/aromatic N) is 1. The van der Waals surface area contributed by atoms with E-state index >= 15 is 0 Å². The van der Waals surface area contributed by atoms with E-state index in [4.69, 9.17) is 9.47 Å². The van der Waals surface area contributed by atoms with Gasteiger partial charge in [-0.05, 0) is 36.5 Å². The van der Waals surface area contributed by atoms with E-state index in [9.17, 15) is 0 Å². The third-order valence-corrected chi connectivity index (χ3v) is 3.98. The average molecular weight is 288 g/mol. The van der Waals surface area contributed by atoms with Crippen LogP contribution < -0.4 is 5.32 Å². The molecule has 114 valence electrons. The molecule has 0 bridgehead atoms. The molecule has 0 amide bonds. The summed E-state index contributed by atoms with van der Waals surface area (Å²) >= 11 is 0. The molecular weight excluding hydrogens is 264 g/mol. The highest BCUT2D eigenvalue weighted by atomic mass is 16.5. The van der Waals surface area contributed by atoms with Crippen molar-refractivity contribution in [3.63, 3.8) is 0 Å². The van der Waals surface area contributed by atoms with Crippen LogP contribution in [0.5, 0.6) is 0 Å². The summed E-state index contributed by atoms with van der Waals surface area (Å²) in [6.07, 6.45) is 4.80. The number of aromatic nitrogens is 1. The number of benzene rings is 1. The first-order chi connectivity index (χ1) is 10.4. The van der Waals surface area contributed by atoms with Gasteiger partial charge in [-0.2, -0.15) is 0 Å². The molecule has 4 nitrogen and oxygen atoms in total. The summed E-state index contributed by atoms with van der Waals surface area (Å²) in [5.41, 5.74) is 2.57. The van der Waals surface area contributed by atoms with Crippen LogP contribution in [-0.4, -0.2) is 31.4 Å². The van der Waals surface area contributed by atoms with Gasteiger partial charge in [0.1, 0.15) is 6.73 Å². The maximum Gasteiger partial charge on any atom is 0.122 e. The van der Waals surface area contributed by atoms with Crippen LogP contribution in [0.3, 0.4) is 0 Å². The zero-order valence-corrected chi connectivity index (χ0v) is 12.7. The van der Waals surface area contributed by atoms with Crippen molar-refractivity contribution >= 4 is 10.9 Å². The molecule has 0 spiro atoms. The Balaban J connectivity index is 1.63. The number of fused-ring (bicyclic) bond motifs is 1. The first-order valence-electron chi connectivity index (χ1n) is 7.72. The Bertz CT molecular complexity index is 575. The van der Waals surface area contributed by atoms with Gasteiger partial charge in [-0.15, -0.1) is 0 Å². The fourth-order valence-electron chi connectivity index (χ4n) is 2.55. The van der Waals surface area contributed by atoms with Crippen LogP contribution in [0.4, 0.5) is 0 Å². The van der Waals surface area contributed by atoms with Crippen molar-refractivity contribution in [3.8, 4) is 0 Å². The Morgan fingerprint density at radius 1 is 1.29 bits per heavy atom. The normalized spacial score (nSPS) is 14.9. The Hall–Kier alpha value is -1.36. The number of ether oxygens (including phenoxy) is 2. The standard InChI is InChI=1S/C17H24N2O2/c1-20-10-8-18-11-15-3-2-4-17-16(15)7-9-19(17)13-21-12-14-5-6-14/h2-4,7,9,14,18H,5-6,8,10-13H2,1H3. The molecule has 21 heavy (non-hydrogen) atoms. The van der Waals surface area contributed by atoms with E-state index in [-0.39, 0.29) is 0 Å². The van der Waals surface area contributed by atoms with Crippen LogP contribution in [0, 0.1) is 5.92 Å². The van der Waals surface area contributed by atoms with Crippen molar-refractivity contribution in [2.45, 2.75) is 26.1 Å². The Morgan fingerprint density at radius 2 is 2.19 bits per heavy atom. The van der Waals surface area contributed by atoms with Crippen molar-refractivity contribution in [3.05, 3.63) is 36.0 Å². The molecule has 2 aromatic rings. The Kier molecular flexibility index (Phi) is 4.91. The molecule has 1 fully saturated rings. The number of methoxy groups -OCH3 is 1. The Labute approximate surface area is 126 Å². The van der Waals surface area contributed by atoms with Gasteiger partial charge in [-0.25, -0.2) is 0 Å². The third-order valence-electron chi connectivity index (χ3n) is 3.98. The molecule has 1 aromatic carbocycles. The number of nitrogens with one attached hydrogen (secondary N) is 1. The molecule has 1 saturated carbocycles. The molecule has 1 aliphatic rings. The summed E-state index contributed by atoms with van der Waals surface area (Å²) < 4.78 is 13.0. The predicted octanol–water partition coefficient (Wildman–Crippen LogP) is 2.76. The first kappa shape index (κ1) is 14.6. The van der Waals surface area contributed by atoms with Crippen LogP contribution >= 0.6 is 0 Å². The summed E-state index contributed by atoms with van der Waals surface area (Å²) in [6, 6.07) is 8.64. The fraction of sp³-hybridized carbons (Fsp3) is 0.529. The molecule has 0 radical (unpaired) electrons. The van der Waals surface area contributed by atoms with Gasteiger partial charge in [-0.1, -0.05) is 12.1 Å². The van der Waals surface area contributed by atoms with Gasteiger partial charge < -0.3 is 19.4 Å². The lowest BCUT2D eigenvalue weighted by Gasteiger charge is -2.09. The maximum atomic E-state index is 5.79. The minimum atomic E-state index is 0.653. The van der Waals surface area contributed by atoms with Crippen LogP contribution in [0.25, 0.3) is 10.9 Å². The second-order valence-corrected chi connectivity index (χ2v) is 5.75. The van der Waals surface area contributed by atoms with Crippen LogP contribution in [0.1, 0.15) is 18.4 Å². The van der Waals surface area contributed by atoms with E-state index in [2.05, 4.69) is 40.3 Å². The monoisotopic (exact) mass is 288 g/mol. The zero-order valence-electron chi connectivity index (χ0n) is 12.7. The SMILES string of the molecule is COCCNCc1cccc2c1ccn2COCC1CC1. The lowest BCUT2D eigenvalue weighted by molar-refractivity contribution is 0.0718. The molecule has 1 aliphatic carbocycles. The van der Waals surface area contributed by atoms with Crippen LogP contribution in [-0.2, 0) is 22.7 Å². The van der Waals surface area contributed by atoms with E-state index in [1.165, 1.54) is 29.3 Å². The van der Waals surface area contributed by atoms with Crippen LogP contribution in [0.2, 0.25) is 0 Å².